The van der Waals surface area contributed by atoms with E-state index >= 15 is 0 Å². The van der Waals surface area contributed by atoms with Crippen molar-refractivity contribution in [3.8, 4) is 0 Å². The monoisotopic (exact) mass is 395 g/mol. The molecule has 0 aliphatic carbocycles. The van der Waals surface area contributed by atoms with Gasteiger partial charge in [0.15, 0.2) is 0 Å². The number of hydrogen-bond donors (Lipinski definition) is 1. The van der Waals surface area contributed by atoms with Gasteiger partial charge in [-0.3, -0.25) is 4.79 Å². The summed E-state index contributed by atoms with van der Waals surface area (Å²) in [6.07, 6.45) is 3.83. The molecule has 1 amide bonds. The van der Waals surface area contributed by atoms with Crippen LogP contribution in [0.3, 0.4) is 0 Å². The number of fused-ring (bicyclic) bond motifs is 1. The summed E-state index contributed by atoms with van der Waals surface area (Å²) in [4.78, 5) is 14.7. The van der Waals surface area contributed by atoms with Gasteiger partial charge in [0.05, 0.1) is 11.8 Å². The minimum Gasteiger partial charge on any atom is -0.366 e. The van der Waals surface area contributed by atoms with Gasteiger partial charge in [0, 0.05) is 17.8 Å². The second-order valence-electron chi connectivity index (χ2n) is 8.52. The Morgan fingerprint density at radius 2 is 2.07 bits per heavy atom. The number of benzene rings is 2. The summed E-state index contributed by atoms with van der Waals surface area (Å²) in [7, 11) is 0. The van der Waals surface area contributed by atoms with Crippen molar-refractivity contribution in [2.24, 2.45) is 5.10 Å². The van der Waals surface area contributed by atoms with E-state index < -0.39 is 11.7 Å². The van der Waals surface area contributed by atoms with Gasteiger partial charge in [-0.25, -0.2) is 9.82 Å². The number of hydrazone groups is 1. The van der Waals surface area contributed by atoms with E-state index in [0.717, 1.165) is 30.5 Å². The van der Waals surface area contributed by atoms with Crippen LogP contribution in [0.4, 0.5) is 10.1 Å². The molecule has 29 heavy (non-hydrogen) atoms. The molecule has 0 fully saturated rings. The molecule has 1 heterocycles. The maximum absolute atomic E-state index is 13.7. The van der Waals surface area contributed by atoms with E-state index in [1.165, 1.54) is 23.4 Å². The van der Waals surface area contributed by atoms with Crippen molar-refractivity contribution in [3.05, 3.63) is 64.5 Å². The van der Waals surface area contributed by atoms with Gasteiger partial charge < -0.3 is 4.90 Å². The normalized spacial score (nSPS) is 18.0. The average Bonchev–Trinajstić information content (AvgIpc) is 2.66. The first-order valence-corrected chi connectivity index (χ1v) is 10.2. The van der Waals surface area contributed by atoms with Crippen molar-refractivity contribution >= 4 is 17.8 Å². The number of nitrogens with zero attached hydrogens (tertiary/aromatic N) is 2. The van der Waals surface area contributed by atoms with Crippen LogP contribution in [0.25, 0.3) is 0 Å². The Kier molecular flexibility index (Phi) is 6.06. The van der Waals surface area contributed by atoms with E-state index in [1.54, 1.807) is 18.3 Å². The van der Waals surface area contributed by atoms with Crippen LogP contribution in [0.2, 0.25) is 0 Å². The minimum atomic E-state index is -0.558. The third-order valence-electron chi connectivity index (χ3n) is 5.71. The standard InChI is InChI=1S/C24H30FN3O/c1-6-11-28-22-12-16(2)18(13-20(22)17(3)14-24(28,4)5)15-26-27-23(29)19-9-7-8-10-21(19)25/h7-10,12-13,15,17H,6,11,14H2,1-5H3,(H,27,29)/b26-15-. The highest BCUT2D eigenvalue weighted by atomic mass is 19.1. The molecule has 154 valence electrons. The molecule has 1 unspecified atom stereocenters. The van der Waals surface area contributed by atoms with Crippen LogP contribution in [-0.4, -0.2) is 24.2 Å². The average molecular weight is 396 g/mol. The van der Waals surface area contributed by atoms with Gasteiger partial charge in [-0.2, -0.15) is 5.10 Å². The smallest absolute Gasteiger partial charge is 0.274 e. The highest BCUT2D eigenvalue weighted by Gasteiger charge is 2.36. The molecule has 0 spiro atoms. The Bertz CT molecular complexity index is 936. The second-order valence-corrected chi connectivity index (χ2v) is 8.52. The van der Waals surface area contributed by atoms with Crippen molar-refractivity contribution in [2.75, 3.05) is 11.4 Å². The van der Waals surface area contributed by atoms with E-state index in [-0.39, 0.29) is 11.1 Å². The Hall–Kier alpha value is -2.69. The molecule has 1 atom stereocenters. The van der Waals surface area contributed by atoms with Gasteiger partial charge in [0.25, 0.3) is 5.91 Å². The number of rotatable bonds is 5. The molecule has 0 saturated carbocycles. The van der Waals surface area contributed by atoms with Crippen LogP contribution in [0.5, 0.6) is 0 Å². The predicted molar refractivity (Wildman–Crippen MR) is 117 cm³/mol. The van der Waals surface area contributed by atoms with Gasteiger partial charge >= 0.3 is 0 Å². The van der Waals surface area contributed by atoms with E-state index in [9.17, 15) is 9.18 Å². The zero-order valence-corrected chi connectivity index (χ0v) is 17.9. The van der Waals surface area contributed by atoms with Gasteiger partial charge in [-0.05, 0) is 80.5 Å². The second kappa shape index (κ2) is 8.36. The van der Waals surface area contributed by atoms with Crippen molar-refractivity contribution in [1.82, 2.24) is 5.43 Å². The summed E-state index contributed by atoms with van der Waals surface area (Å²) >= 11 is 0. The summed E-state index contributed by atoms with van der Waals surface area (Å²) in [5.74, 6) is -0.675. The number of carbonyl (C=O) groups is 1. The van der Waals surface area contributed by atoms with Gasteiger partial charge in [0.2, 0.25) is 0 Å². The summed E-state index contributed by atoms with van der Waals surface area (Å²) < 4.78 is 13.7. The molecule has 1 aliphatic heterocycles. The highest BCUT2D eigenvalue weighted by molar-refractivity contribution is 5.95. The Balaban J connectivity index is 1.85. The van der Waals surface area contributed by atoms with E-state index in [1.807, 2.05) is 0 Å². The van der Waals surface area contributed by atoms with Crippen molar-refractivity contribution in [1.29, 1.82) is 0 Å². The molecule has 1 N–H and O–H groups in total. The molecule has 0 saturated heterocycles. The van der Waals surface area contributed by atoms with E-state index in [0.29, 0.717) is 5.92 Å². The largest absolute Gasteiger partial charge is 0.366 e. The maximum atomic E-state index is 13.7. The lowest BCUT2D eigenvalue weighted by Crippen LogP contribution is -2.48. The van der Waals surface area contributed by atoms with Crippen molar-refractivity contribution < 1.29 is 9.18 Å². The molecule has 4 nitrogen and oxygen atoms in total. The molecule has 1 aliphatic rings. The number of halogens is 1. The lowest BCUT2D eigenvalue weighted by molar-refractivity contribution is 0.0951. The molecule has 2 aromatic rings. The minimum absolute atomic E-state index is 0.0159. The Morgan fingerprint density at radius 3 is 2.76 bits per heavy atom. The van der Waals surface area contributed by atoms with Gasteiger partial charge in [-0.15, -0.1) is 0 Å². The zero-order valence-electron chi connectivity index (χ0n) is 17.9. The quantitative estimate of drug-likeness (QED) is 0.544. The van der Waals surface area contributed by atoms with Crippen LogP contribution < -0.4 is 10.3 Å². The fourth-order valence-corrected chi connectivity index (χ4v) is 4.30. The molecule has 3 rings (SSSR count). The lowest BCUT2D eigenvalue weighted by atomic mass is 9.79. The molecular formula is C24H30FN3O. The van der Waals surface area contributed by atoms with E-state index in [2.05, 4.69) is 62.2 Å². The van der Waals surface area contributed by atoms with Crippen LogP contribution in [0.1, 0.15) is 73.5 Å². The summed E-state index contributed by atoms with van der Waals surface area (Å²) in [5, 5.41) is 4.07. The topological polar surface area (TPSA) is 44.7 Å². The van der Waals surface area contributed by atoms with Crippen LogP contribution >= 0.6 is 0 Å². The Morgan fingerprint density at radius 1 is 1.34 bits per heavy atom. The zero-order chi connectivity index (χ0) is 21.2. The SMILES string of the molecule is CCCN1c2cc(C)c(/C=N\NC(=O)c3ccccc3F)cc2C(C)CC1(C)C. The van der Waals surface area contributed by atoms with Gasteiger partial charge in [-0.1, -0.05) is 26.0 Å². The molecule has 5 heteroatoms. The van der Waals surface area contributed by atoms with Gasteiger partial charge in [0.1, 0.15) is 5.82 Å². The van der Waals surface area contributed by atoms with Crippen LogP contribution in [0.15, 0.2) is 41.5 Å². The number of hydrogen-bond acceptors (Lipinski definition) is 3. The number of aryl methyl sites for hydroxylation is 1. The number of anilines is 1. The van der Waals surface area contributed by atoms with Crippen molar-refractivity contribution in [2.45, 2.75) is 58.9 Å². The van der Waals surface area contributed by atoms with Crippen LogP contribution in [0, 0.1) is 12.7 Å². The van der Waals surface area contributed by atoms with E-state index in [4.69, 9.17) is 0 Å². The van der Waals surface area contributed by atoms with Crippen LogP contribution in [-0.2, 0) is 0 Å². The molecule has 2 aromatic carbocycles. The molecular weight excluding hydrogens is 365 g/mol. The fraction of sp³-hybridized carbons (Fsp3) is 0.417. The highest BCUT2D eigenvalue weighted by Crippen LogP contribution is 2.44. The Labute approximate surface area is 172 Å². The first-order valence-electron chi connectivity index (χ1n) is 10.2. The first kappa shape index (κ1) is 21.0. The number of nitrogens with one attached hydrogen (secondary N) is 1. The fourth-order valence-electron chi connectivity index (χ4n) is 4.30. The number of amides is 1. The predicted octanol–water partition coefficient (Wildman–Crippen LogP) is 5.40. The summed E-state index contributed by atoms with van der Waals surface area (Å²) in [5.41, 5.74) is 7.19. The third-order valence-corrected chi connectivity index (χ3v) is 5.71. The lowest BCUT2D eigenvalue weighted by Gasteiger charge is -2.48. The maximum Gasteiger partial charge on any atom is 0.274 e. The van der Waals surface area contributed by atoms with Crippen molar-refractivity contribution in [3.63, 3.8) is 0 Å². The molecule has 0 aromatic heterocycles. The summed E-state index contributed by atoms with van der Waals surface area (Å²) in [6, 6.07) is 10.3. The number of carbonyl (C=O) groups excluding carboxylic acids is 1. The molecule has 0 bridgehead atoms. The first-order chi connectivity index (χ1) is 13.7. The third kappa shape index (κ3) is 4.34. The summed E-state index contributed by atoms with van der Waals surface area (Å²) in [6.45, 7) is 12.2. The molecule has 0 radical (unpaired) electrons.